The van der Waals surface area contributed by atoms with Crippen LogP contribution in [0.4, 0.5) is 0 Å². The van der Waals surface area contributed by atoms with Crippen LogP contribution in [0.5, 0.6) is 0 Å². The first-order valence-corrected chi connectivity index (χ1v) is 5.75. The van der Waals surface area contributed by atoms with Crippen LogP contribution in [0.25, 0.3) is 6.08 Å². The molecule has 0 saturated carbocycles. The molecule has 1 aliphatic rings. The maximum atomic E-state index is 11.9. The van der Waals surface area contributed by atoms with Crippen molar-refractivity contribution in [3.8, 4) is 0 Å². The Bertz CT molecular complexity index is 477. The van der Waals surface area contributed by atoms with Crippen molar-refractivity contribution >= 4 is 18.0 Å². The Morgan fingerprint density at radius 3 is 2.89 bits per heavy atom. The highest BCUT2D eigenvalue weighted by Crippen LogP contribution is 2.30. The molecule has 0 aromatic carbocycles. The molecular formula is C13H15NO4. The SMILES string of the molecule is C[C@]1(C(=O)O)CCN(C(=O)/C=C/c2ccco2)C1. The fourth-order valence-electron chi connectivity index (χ4n) is 1.97. The van der Waals surface area contributed by atoms with Gasteiger partial charge in [-0.3, -0.25) is 9.59 Å². The molecule has 1 saturated heterocycles. The lowest BCUT2D eigenvalue weighted by Gasteiger charge is -2.18. The number of likely N-dealkylation sites (tertiary alicyclic amines) is 1. The highest BCUT2D eigenvalue weighted by Gasteiger charge is 2.41. The Morgan fingerprint density at radius 2 is 2.33 bits per heavy atom. The highest BCUT2D eigenvalue weighted by atomic mass is 16.4. The maximum absolute atomic E-state index is 11.9. The monoisotopic (exact) mass is 249 g/mol. The molecule has 5 heteroatoms. The Balaban J connectivity index is 1.98. The van der Waals surface area contributed by atoms with Crippen LogP contribution in [0.1, 0.15) is 19.1 Å². The van der Waals surface area contributed by atoms with E-state index in [0.717, 1.165) is 0 Å². The summed E-state index contributed by atoms with van der Waals surface area (Å²) in [5.41, 5.74) is -0.825. The summed E-state index contributed by atoms with van der Waals surface area (Å²) in [6.45, 7) is 2.40. The van der Waals surface area contributed by atoms with E-state index < -0.39 is 11.4 Å². The minimum Gasteiger partial charge on any atom is -0.481 e. The number of amides is 1. The van der Waals surface area contributed by atoms with Crippen molar-refractivity contribution in [2.75, 3.05) is 13.1 Å². The van der Waals surface area contributed by atoms with Crippen molar-refractivity contribution in [1.29, 1.82) is 0 Å². The molecule has 96 valence electrons. The number of carbonyl (C=O) groups excluding carboxylic acids is 1. The van der Waals surface area contributed by atoms with Gasteiger partial charge in [0.15, 0.2) is 0 Å². The second kappa shape index (κ2) is 4.68. The minimum absolute atomic E-state index is 0.184. The van der Waals surface area contributed by atoms with Crippen LogP contribution in [-0.2, 0) is 9.59 Å². The van der Waals surface area contributed by atoms with E-state index in [1.165, 1.54) is 12.3 Å². The summed E-state index contributed by atoms with van der Waals surface area (Å²) in [7, 11) is 0. The standard InChI is InChI=1S/C13H15NO4/c1-13(12(16)17)6-7-14(9-13)11(15)5-4-10-3-2-8-18-10/h2-5,8H,6-7,9H2,1H3,(H,16,17)/b5-4+/t13-/m0/s1. The summed E-state index contributed by atoms with van der Waals surface area (Å²) in [6.07, 6.45) is 5.01. The van der Waals surface area contributed by atoms with Gasteiger partial charge in [-0.05, 0) is 31.6 Å². The number of aliphatic carboxylic acids is 1. The predicted octanol–water partition coefficient (Wildman–Crippen LogP) is 1.62. The van der Waals surface area contributed by atoms with Gasteiger partial charge >= 0.3 is 5.97 Å². The topological polar surface area (TPSA) is 70.8 Å². The molecular weight excluding hydrogens is 234 g/mol. The van der Waals surface area contributed by atoms with Crippen LogP contribution in [0, 0.1) is 5.41 Å². The van der Waals surface area contributed by atoms with Gasteiger partial charge in [-0.25, -0.2) is 0 Å². The number of hydrogen-bond acceptors (Lipinski definition) is 3. The molecule has 0 bridgehead atoms. The lowest BCUT2D eigenvalue weighted by atomic mass is 9.90. The van der Waals surface area contributed by atoms with Gasteiger partial charge in [0.25, 0.3) is 0 Å². The largest absolute Gasteiger partial charge is 0.481 e. The molecule has 2 rings (SSSR count). The fourth-order valence-corrected chi connectivity index (χ4v) is 1.97. The Hall–Kier alpha value is -2.04. The quantitative estimate of drug-likeness (QED) is 0.826. The zero-order valence-corrected chi connectivity index (χ0v) is 10.1. The number of furan rings is 1. The summed E-state index contributed by atoms with van der Waals surface area (Å²) >= 11 is 0. The number of carboxylic acids is 1. The Labute approximate surface area is 105 Å². The van der Waals surface area contributed by atoms with Crippen LogP contribution >= 0.6 is 0 Å². The van der Waals surface area contributed by atoms with Gasteiger partial charge < -0.3 is 14.4 Å². The van der Waals surface area contributed by atoms with Gasteiger partial charge in [-0.1, -0.05) is 0 Å². The molecule has 1 atom stereocenters. The van der Waals surface area contributed by atoms with E-state index in [2.05, 4.69) is 0 Å². The summed E-state index contributed by atoms with van der Waals surface area (Å²) in [5, 5.41) is 9.08. The van der Waals surface area contributed by atoms with Crippen LogP contribution in [0.2, 0.25) is 0 Å². The average molecular weight is 249 g/mol. The molecule has 1 aromatic heterocycles. The lowest BCUT2D eigenvalue weighted by molar-refractivity contribution is -0.147. The predicted molar refractivity (Wildman–Crippen MR) is 64.7 cm³/mol. The van der Waals surface area contributed by atoms with Crippen molar-refractivity contribution in [3.05, 3.63) is 30.2 Å². The molecule has 2 heterocycles. The third-order valence-corrected chi connectivity index (χ3v) is 3.23. The average Bonchev–Trinajstić information content (AvgIpc) is 2.95. The lowest BCUT2D eigenvalue weighted by Crippen LogP contribution is -2.34. The third kappa shape index (κ3) is 2.45. The van der Waals surface area contributed by atoms with Gasteiger partial charge in [0.1, 0.15) is 5.76 Å². The molecule has 1 aliphatic heterocycles. The maximum Gasteiger partial charge on any atom is 0.311 e. The van der Waals surface area contributed by atoms with Gasteiger partial charge in [-0.15, -0.1) is 0 Å². The molecule has 0 radical (unpaired) electrons. The first-order valence-electron chi connectivity index (χ1n) is 5.75. The zero-order chi connectivity index (χ0) is 13.2. The first kappa shape index (κ1) is 12.4. The molecule has 1 N–H and O–H groups in total. The third-order valence-electron chi connectivity index (χ3n) is 3.23. The van der Waals surface area contributed by atoms with E-state index in [-0.39, 0.29) is 12.5 Å². The van der Waals surface area contributed by atoms with Gasteiger partial charge in [0, 0.05) is 19.2 Å². The van der Waals surface area contributed by atoms with E-state index in [0.29, 0.717) is 18.7 Å². The minimum atomic E-state index is -0.854. The van der Waals surface area contributed by atoms with E-state index >= 15 is 0 Å². The number of hydrogen-bond donors (Lipinski definition) is 1. The molecule has 0 unspecified atom stereocenters. The molecule has 0 spiro atoms. The van der Waals surface area contributed by atoms with Crippen LogP contribution in [0.3, 0.4) is 0 Å². The number of rotatable bonds is 3. The van der Waals surface area contributed by atoms with Gasteiger partial charge in [-0.2, -0.15) is 0 Å². The van der Waals surface area contributed by atoms with Crippen molar-refractivity contribution in [1.82, 2.24) is 4.90 Å². The van der Waals surface area contributed by atoms with E-state index in [1.54, 1.807) is 30.0 Å². The number of nitrogens with zero attached hydrogens (tertiary/aromatic N) is 1. The normalized spacial score (nSPS) is 23.7. The number of carbonyl (C=O) groups is 2. The fraction of sp³-hybridized carbons (Fsp3) is 0.385. The summed E-state index contributed by atoms with van der Waals surface area (Å²) < 4.78 is 5.07. The number of carboxylic acid groups (broad SMARTS) is 1. The summed E-state index contributed by atoms with van der Waals surface area (Å²) in [5.74, 6) is -0.437. The van der Waals surface area contributed by atoms with Crippen LogP contribution in [0.15, 0.2) is 28.9 Å². The summed E-state index contributed by atoms with van der Waals surface area (Å²) in [6, 6.07) is 3.48. The molecule has 5 nitrogen and oxygen atoms in total. The van der Waals surface area contributed by atoms with Crippen molar-refractivity contribution in [3.63, 3.8) is 0 Å². The Kier molecular flexibility index (Phi) is 3.23. The van der Waals surface area contributed by atoms with Gasteiger partial charge in [0.05, 0.1) is 11.7 Å². The Morgan fingerprint density at radius 1 is 1.56 bits per heavy atom. The van der Waals surface area contributed by atoms with E-state index in [1.807, 2.05) is 0 Å². The molecule has 18 heavy (non-hydrogen) atoms. The molecule has 1 fully saturated rings. The molecule has 1 aromatic rings. The van der Waals surface area contributed by atoms with Crippen LogP contribution in [-0.4, -0.2) is 35.0 Å². The van der Waals surface area contributed by atoms with Crippen molar-refractivity contribution in [2.45, 2.75) is 13.3 Å². The highest BCUT2D eigenvalue weighted by molar-refractivity contribution is 5.92. The second-order valence-corrected chi connectivity index (χ2v) is 4.72. The second-order valence-electron chi connectivity index (χ2n) is 4.72. The smallest absolute Gasteiger partial charge is 0.311 e. The molecule has 1 amide bonds. The van der Waals surface area contributed by atoms with Crippen LogP contribution < -0.4 is 0 Å². The zero-order valence-electron chi connectivity index (χ0n) is 10.1. The van der Waals surface area contributed by atoms with E-state index in [9.17, 15) is 9.59 Å². The van der Waals surface area contributed by atoms with E-state index in [4.69, 9.17) is 9.52 Å². The van der Waals surface area contributed by atoms with Crippen molar-refractivity contribution in [2.24, 2.45) is 5.41 Å². The van der Waals surface area contributed by atoms with Crippen molar-refractivity contribution < 1.29 is 19.1 Å². The first-order chi connectivity index (χ1) is 8.51. The van der Waals surface area contributed by atoms with Gasteiger partial charge in [0.2, 0.25) is 5.91 Å². The molecule has 0 aliphatic carbocycles. The summed E-state index contributed by atoms with van der Waals surface area (Å²) in [4.78, 5) is 24.5.